The van der Waals surface area contributed by atoms with Crippen molar-refractivity contribution in [1.29, 1.82) is 0 Å². The summed E-state index contributed by atoms with van der Waals surface area (Å²) in [6, 6.07) is 14.1. The predicted octanol–water partition coefficient (Wildman–Crippen LogP) is 3.57. The van der Waals surface area contributed by atoms with Crippen LogP contribution < -0.4 is 21.9 Å². The van der Waals surface area contributed by atoms with Crippen LogP contribution in [-0.4, -0.2) is 38.9 Å². The van der Waals surface area contributed by atoms with Crippen LogP contribution in [0.2, 0.25) is 0 Å². The lowest BCUT2D eigenvalue weighted by molar-refractivity contribution is -0.116. The lowest BCUT2D eigenvalue weighted by Crippen LogP contribution is -2.31. The van der Waals surface area contributed by atoms with Crippen molar-refractivity contribution in [2.75, 3.05) is 11.9 Å². The molecule has 0 saturated carbocycles. The van der Waals surface area contributed by atoms with Crippen molar-refractivity contribution in [2.45, 2.75) is 32.3 Å². The Hall–Kier alpha value is -3.96. The molecule has 1 saturated heterocycles. The molecule has 4 N–H and O–H groups in total. The molecule has 1 atom stereocenters. The molecule has 36 heavy (non-hydrogen) atoms. The molecule has 1 unspecified atom stereocenters. The van der Waals surface area contributed by atoms with Crippen LogP contribution in [0.15, 0.2) is 58.2 Å². The highest BCUT2D eigenvalue weighted by Gasteiger charge is 2.26. The Morgan fingerprint density at radius 3 is 2.64 bits per heavy atom. The molecule has 2 aromatic heterocycles. The summed E-state index contributed by atoms with van der Waals surface area (Å²) in [5, 5.41) is 9.90. The SMILES string of the molecule is CCOC(=O)Nc1cc(-c2ccc(=O)n(C(C)C)n2)c(-c2ccccc2)nc1C=C1SC(N)NC1=O. The number of ether oxygens (including phenoxy) is 1. The Morgan fingerprint density at radius 2 is 2.00 bits per heavy atom. The van der Waals surface area contributed by atoms with Gasteiger partial charge in [0, 0.05) is 17.2 Å². The number of hydrogen-bond acceptors (Lipinski definition) is 8. The lowest BCUT2D eigenvalue weighted by atomic mass is 10.0. The number of nitrogens with zero attached hydrogens (tertiary/aromatic N) is 3. The van der Waals surface area contributed by atoms with Crippen LogP contribution in [0.25, 0.3) is 28.6 Å². The van der Waals surface area contributed by atoms with E-state index in [1.165, 1.54) is 10.7 Å². The van der Waals surface area contributed by atoms with Crippen LogP contribution in [0.4, 0.5) is 10.5 Å². The molecule has 3 heterocycles. The zero-order valence-corrected chi connectivity index (χ0v) is 20.8. The van der Waals surface area contributed by atoms with Gasteiger partial charge in [-0.05, 0) is 39.0 Å². The first kappa shape index (κ1) is 25.1. The van der Waals surface area contributed by atoms with Crippen molar-refractivity contribution in [3.8, 4) is 22.5 Å². The number of benzene rings is 1. The van der Waals surface area contributed by atoms with Crippen LogP contribution in [-0.2, 0) is 9.53 Å². The van der Waals surface area contributed by atoms with Crippen LogP contribution >= 0.6 is 11.8 Å². The van der Waals surface area contributed by atoms with Crippen LogP contribution in [0.1, 0.15) is 32.5 Å². The smallest absolute Gasteiger partial charge is 0.411 e. The molecule has 0 aliphatic carbocycles. The third-order valence-electron chi connectivity index (χ3n) is 5.22. The first-order valence-electron chi connectivity index (χ1n) is 11.4. The molecule has 2 amide bonds. The number of rotatable bonds is 6. The second kappa shape index (κ2) is 10.8. The highest BCUT2D eigenvalue weighted by Crippen LogP contribution is 2.35. The summed E-state index contributed by atoms with van der Waals surface area (Å²) in [5.74, 6) is -0.326. The normalized spacial score (nSPS) is 16.3. The van der Waals surface area contributed by atoms with Crippen molar-refractivity contribution < 1.29 is 14.3 Å². The number of amides is 2. The second-order valence-corrected chi connectivity index (χ2v) is 9.33. The number of carbonyl (C=O) groups is 2. The Bertz CT molecular complexity index is 1390. The number of hydrogen-bond donors (Lipinski definition) is 3. The zero-order valence-electron chi connectivity index (χ0n) is 20.0. The van der Waals surface area contributed by atoms with E-state index in [0.29, 0.717) is 33.2 Å². The van der Waals surface area contributed by atoms with E-state index in [-0.39, 0.29) is 24.1 Å². The molecule has 3 aromatic rings. The van der Waals surface area contributed by atoms with Gasteiger partial charge in [-0.15, -0.1) is 0 Å². The topological polar surface area (TPSA) is 141 Å². The van der Waals surface area contributed by atoms with Crippen molar-refractivity contribution in [1.82, 2.24) is 20.1 Å². The van der Waals surface area contributed by atoms with Gasteiger partial charge in [-0.25, -0.2) is 14.5 Å². The molecular weight excluding hydrogens is 480 g/mol. The van der Waals surface area contributed by atoms with Crippen LogP contribution in [0, 0.1) is 0 Å². The zero-order chi connectivity index (χ0) is 25.8. The van der Waals surface area contributed by atoms with Gasteiger partial charge in [0.05, 0.1) is 40.3 Å². The summed E-state index contributed by atoms with van der Waals surface area (Å²) >= 11 is 1.16. The van der Waals surface area contributed by atoms with Crippen molar-refractivity contribution >= 4 is 35.5 Å². The molecule has 0 radical (unpaired) electrons. The highest BCUT2D eigenvalue weighted by molar-refractivity contribution is 8.05. The molecule has 0 bridgehead atoms. The van der Waals surface area contributed by atoms with Gasteiger partial charge in [0.1, 0.15) is 5.50 Å². The van der Waals surface area contributed by atoms with Crippen LogP contribution in [0.5, 0.6) is 0 Å². The summed E-state index contributed by atoms with van der Waals surface area (Å²) in [4.78, 5) is 42.2. The fraction of sp³-hybridized carbons (Fsp3) is 0.240. The summed E-state index contributed by atoms with van der Waals surface area (Å²) < 4.78 is 6.46. The highest BCUT2D eigenvalue weighted by atomic mass is 32.2. The molecule has 1 aliphatic rings. The minimum absolute atomic E-state index is 0.158. The number of pyridine rings is 1. The monoisotopic (exact) mass is 506 g/mol. The summed E-state index contributed by atoms with van der Waals surface area (Å²) in [6.07, 6.45) is 0.908. The van der Waals surface area contributed by atoms with Gasteiger partial charge in [0.15, 0.2) is 0 Å². The van der Waals surface area contributed by atoms with Gasteiger partial charge in [-0.3, -0.25) is 14.9 Å². The number of carbonyl (C=O) groups excluding carboxylic acids is 2. The lowest BCUT2D eigenvalue weighted by Gasteiger charge is -2.16. The summed E-state index contributed by atoms with van der Waals surface area (Å²) in [6.45, 7) is 5.61. The predicted molar refractivity (Wildman–Crippen MR) is 140 cm³/mol. The van der Waals surface area contributed by atoms with Gasteiger partial charge in [-0.2, -0.15) is 5.10 Å². The number of nitrogens with two attached hydrogens (primary N) is 1. The average molecular weight is 507 g/mol. The minimum atomic E-state index is -0.669. The Balaban J connectivity index is 1.97. The number of aromatic nitrogens is 3. The second-order valence-electron chi connectivity index (χ2n) is 8.14. The van der Waals surface area contributed by atoms with Crippen molar-refractivity contribution in [3.63, 3.8) is 0 Å². The van der Waals surface area contributed by atoms with Gasteiger partial charge < -0.3 is 15.8 Å². The first-order chi connectivity index (χ1) is 17.3. The average Bonchev–Trinajstić information content (AvgIpc) is 3.17. The number of thioether (sulfide) groups is 1. The van der Waals surface area contributed by atoms with E-state index < -0.39 is 11.6 Å². The first-order valence-corrected chi connectivity index (χ1v) is 12.2. The Kier molecular flexibility index (Phi) is 7.51. The molecule has 1 aromatic carbocycles. The molecule has 4 rings (SSSR count). The fourth-order valence-corrected chi connectivity index (χ4v) is 4.39. The minimum Gasteiger partial charge on any atom is -0.450 e. The number of anilines is 1. The van der Waals surface area contributed by atoms with Crippen molar-refractivity contribution in [2.24, 2.45) is 5.73 Å². The van der Waals surface area contributed by atoms with E-state index in [1.807, 2.05) is 44.2 Å². The maximum absolute atomic E-state index is 12.4. The molecule has 186 valence electrons. The molecule has 10 nitrogen and oxygen atoms in total. The summed E-state index contributed by atoms with van der Waals surface area (Å²) in [5.41, 5.74) is 8.14. The van der Waals surface area contributed by atoms with Crippen LogP contribution in [0.3, 0.4) is 0 Å². The maximum Gasteiger partial charge on any atom is 0.411 e. The van der Waals surface area contributed by atoms with Gasteiger partial charge in [0.2, 0.25) is 0 Å². The maximum atomic E-state index is 12.4. The third kappa shape index (κ3) is 5.47. The Morgan fingerprint density at radius 1 is 1.25 bits per heavy atom. The molecule has 1 fully saturated rings. The van der Waals surface area contributed by atoms with E-state index >= 15 is 0 Å². The van der Waals surface area contributed by atoms with Gasteiger partial charge in [-0.1, -0.05) is 42.1 Å². The number of nitrogens with one attached hydrogen (secondary N) is 2. The summed E-state index contributed by atoms with van der Waals surface area (Å²) in [7, 11) is 0. The molecular formula is C25H26N6O4S. The fourth-order valence-electron chi connectivity index (χ4n) is 3.61. The van der Waals surface area contributed by atoms with Crippen molar-refractivity contribution in [3.05, 3.63) is 69.5 Å². The van der Waals surface area contributed by atoms with E-state index in [4.69, 9.17) is 15.5 Å². The van der Waals surface area contributed by atoms with E-state index in [0.717, 1.165) is 17.3 Å². The Labute approximate surface area is 211 Å². The molecule has 1 aliphatic heterocycles. The standard InChI is InChI=1S/C25H26N6O4S/c1-4-35-25(34)28-18-12-16(17-10-11-21(32)31(30-17)14(2)3)22(15-8-6-5-7-9-15)27-19(18)13-20-23(33)29-24(26)36-20/h5-14,24H,4,26H2,1-3H3,(H,28,34)(H,29,33). The molecule has 11 heteroatoms. The quantitative estimate of drug-likeness (QED) is 0.431. The molecule has 0 spiro atoms. The van der Waals surface area contributed by atoms with E-state index in [9.17, 15) is 14.4 Å². The van der Waals surface area contributed by atoms with Gasteiger partial charge in [0.25, 0.3) is 11.5 Å². The van der Waals surface area contributed by atoms with E-state index in [1.54, 1.807) is 25.1 Å². The van der Waals surface area contributed by atoms with Gasteiger partial charge >= 0.3 is 6.09 Å². The third-order valence-corrected chi connectivity index (χ3v) is 6.15. The van der Waals surface area contributed by atoms with E-state index in [2.05, 4.69) is 15.7 Å². The largest absolute Gasteiger partial charge is 0.450 e.